The van der Waals surface area contributed by atoms with Gasteiger partial charge in [0.15, 0.2) is 0 Å². The van der Waals surface area contributed by atoms with Gasteiger partial charge in [0.1, 0.15) is 0 Å². The van der Waals surface area contributed by atoms with E-state index in [-0.39, 0.29) is 11.7 Å². The van der Waals surface area contributed by atoms with E-state index in [1.165, 1.54) is 5.06 Å². The lowest BCUT2D eigenvalue weighted by molar-refractivity contribution is -0.101. The van der Waals surface area contributed by atoms with Crippen LogP contribution in [0.15, 0.2) is 0 Å². The third kappa shape index (κ3) is 3.18. The maximum Gasteiger partial charge on any atom is 0.0745 e. The van der Waals surface area contributed by atoms with Crippen molar-refractivity contribution < 1.29 is 9.94 Å². The van der Waals surface area contributed by atoms with Crippen molar-refractivity contribution >= 4 is 0 Å². The first kappa shape index (κ1) is 8.97. The van der Waals surface area contributed by atoms with Crippen LogP contribution in [0, 0.1) is 0 Å². The molecule has 0 bridgehead atoms. The van der Waals surface area contributed by atoms with Crippen LogP contribution in [-0.4, -0.2) is 35.1 Å². The highest BCUT2D eigenvalue weighted by atomic mass is 16.5. The van der Waals surface area contributed by atoms with Crippen molar-refractivity contribution in [3.05, 3.63) is 0 Å². The lowest BCUT2D eigenvalue weighted by atomic mass is 10.2. The third-order valence-electron chi connectivity index (χ3n) is 1.64. The van der Waals surface area contributed by atoms with Gasteiger partial charge >= 0.3 is 0 Å². The van der Waals surface area contributed by atoms with E-state index in [9.17, 15) is 0 Å². The van der Waals surface area contributed by atoms with Crippen LogP contribution in [-0.2, 0) is 4.74 Å². The zero-order valence-electron chi connectivity index (χ0n) is 7.50. The maximum atomic E-state index is 9.05. The molecule has 66 valence electrons. The van der Waals surface area contributed by atoms with Crippen molar-refractivity contribution in [2.45, 2.75) is 38.9 Å². The summed E-state index contributed by atoms with van der Waals surface area (Å²) >= 11 is 0. The van der Waals surface area contributed by atoms with Crippen LogP contribution < -0.4 is 0 Å². The smallest absolute Gasteiger partial charge is 0.0745 e. The highest BCUT2D eigenvalue weighted by Crippen LogP contribution is 2.17. The molecule has 1 rings (SSSR count). The molecule has 3 nitrogen and oxygen atoms in total. The Balaban J connectivity index is 2.29. The molecule has 1 aliphatic rings. The summed E-state index contributed by atoms with van der Waals surface area (Å²) in [5, 5.41) is 10.4. The molecule has 1 N–H and O–H groups in total. The van der Waals surface area contributed by atoms with E-state index in [1.807, 2.05) is 20.8 Å². The lowest BCUT2D eigenvalue weighted by Gasteiger charge is -2.24. The monoisotopic (exact) mass is 159 g/mol. The molecule has 1 fully saturated rings. The Bertz CT molecular complexity index is 131. The molecule has 0 radical (unpaired) electrons. The number of hydrogen-bond donors (Lipinski definition) is 1. The van der Waals surface area contributed by atoms with Crippen LogP contribution in [0.5, 0.6) is 0 Å². The van der Waals surface area contributed by atoms with Gasteiger partial charge in [0.05, 0.1) is 18.2 Å². The summed E-state index contributed by atoms with van der Waals surface area (Å²) in [7, 11) is 0. The zero-order chi connectivity index (χ0) is 8.48. The van der Waals surface area contributed by atoms with Gasteiger partial charge in [0.25, 0.3) is 0 Å². The average Bonchev–Trinajstić information content (AvgIpc) is 2.10. The zero-order valence-corrected chi connectivity index (χ0v) is 7.50. The molecular formula is C8H17NO2. The molecule has 0 aromatic heterocycles. The van der Waals surface area contributed by atoms with E-state index in [1.54, 1.807) is 0 Å². The van der Waals surface area contributed by atoms with E-state index >= 15 is 0 Å². The predicted octanol–water partition coefficient (Wildman–Crippen LogP) is 1.26. The molecule has 1 heterocycles. The fraction of sp³-hybridized carbons (Fsp3) is 1.00. The largest absolute Gasteiger partial charge is 0.371 e. The summed E-state index contributed by atoms with van der Waals surface area (Å²) in [6.45, 7) is 7.49. The number of rotatable bonds is 1. The molecule has 11 heavy (non-hydrogen) atoms. The van der Waals surface area contributed by atoms with Gasteiger partial charge in [-0.25, -0.2) is 0 Å². The van der Waals surface area contributed by atoms with Crippen molar-refractivity contribution in [3.8, 4) is 0 Å². The number of hydroxylamine groups is 2. The number of ether oxygens (including phenoxy) is 1. The van der Waals surface area contributed by atoms with E-state index in [0.717, 1.165) is 13.0 Å². The standard InChI is InChI=1S/C8H17NO2/c1-8(2,3)11-7-4-5-9(10)6-7/h7,10H,4-6H2,1-3H3/t7-/m0/s1. The Morgan fingerprint density at radius 2 is 2.09 bits per heavy atom. The van der Waals surface area contributed by atoms with E-state index in [0.29, 0.717) is 6.54 Å². The second-order valence-corrected chi connectivity index (χ2v) is 4.05. The molecule has 0 amide bonds. The molecule has 0 saturated carbocycles. The van der Waals surface area contributed by atoms with Gasteiger partial charge in [-0.1, -0.05) is 0 Å². The number of nitrogens with zero attached hydrogens (tertiary/aromatic N) is 1. The fourth-order valence-corrected chi connectivity index (χ4v) is 1.31. The van der Waals surface area contributed by atoms with Gasteiger partial charge in [0, 0.05) is 6.54 Å². The lowest BCUT2D eigenvalue weighted by Crippen LogP contribution is -2.29. The molecule has 0 aromatic rings. The first-order valence-corrected chi connectivity index (χ1v) is 4.09. The minimum Gasteiger partial charge on any atom is -0.371 e. The van der Waals surface area contributed by atoms with Crippen LogP contribution in [0.1, 0.15) is 27.2 Å². The number of hydrogen-bond acceptors (Lipinski definition) is 3. The van der Waals surface area contributed by atoms with Gasteiger partial charge in [0.2, 0.25) is 0 Å². The summed E-state index contributed by atoms with van der Waals surface area (Å²) in [4.78, 5) is 0. The van der Waals surface area contributed by atoms with Crippen molar-refractivity contribution in [2.75, 3.05) is 13.1 Å². The van der Waals surface area contributed by atoms with Crippen molar-refractivity contribution in [1.82, 2.24) is 5.06 Å². The van der Waals surface area contributed by atoms with Gasteiger partial charge in [-0.2, -0.15) is 5.06 Å². The Morgan fingerprint density at radius 1 is 1.45 bits per heavy atom. The molecule has 0 aromatic carbocycles. The quantitative estimate of drug-likeness (QED) is 0.625. The predicted molar refractivity (Wildman–Crippen MR) is 42.6 cm³/mol. The fourth-order valence-electron chi connectivity index (χ4n) is 1.31. The topological polar surface area (TPSA) is 32.7 Å². The molecular weight excluding hydrogens is 142 g/mol. The summed E-state index contributed by atoms with van der Waals surface area (Å²) in [5.41, 5.74) is -0.0875. The Morgan fingerprint density at radius 3 is 2.45 bits per heavy atom. The molecule has 0 spiro atoms. The minimum absolute atomic E-state index is 0.0875. The molecule has 1 aliphatic heterocycles. The molecule has 1 saturated heterocycles. The summed E-state index contributed by atoms with van der Waals surface area (Å²) in [6, 6.07) is 0. The summed E-state index contributed by atoms with van der Waals surface area (Å²) in [6.07, 6.45) is 1.15. The Labute approximate surface area is 67.9 Å². The SMILES string of the molecule is CC(C)(C)O[C@H]1CCN(O)C1. The van der Waals surface area contributed by atoms with E-state index in [2.05, 4.69) is 0 Å². The van der Waals surface area contributed by atoms with Crippen LogP contribution in [0.4, 0.5) is 0 Å². The van der Waals surface area contributed by atoms with Crippen LogP contribution >= 0.6 is 0 Å². The van der Waals surface area contributed by atoms with Gasteiger partial charge in [-0.15, -0.1) is 0 Å². The Hall–Kier alpha value is -0.120. The molecule has 0 unspecified atom stereocenters. The minimum atomic E-state index is -0.0875. The van der Waals surface area contributed by atoms with Crippen molar-refractivity contribution in [3.63, 3.8) is 0 Å². The maximum absolute atomic E-state index is 9.05. The molecule has 1 atom stereocenters. The average molecular weight is 159 g/mol. The van der Waals surface area contributed by atoms with Gasteiger partial charge in [-0.05, 0) is 27.2 Å². The summed E-state index contributed by atoms with van der Waals surface area (Å²) < 4.78 is 5.67. The molecule has 0 aliphatic carbocycles. The highest BCUT2D eigenvalue weighted by molar-refractivity contribution is 4.73. The second kappa shape index (κ2) is 3.09. The molecule has 3 heteroatoms. The van der Waals surface area contributed by atoms with Crippen LogP contribution in [0.25, 0.3) is 0 Å². The first-order chi connectivity index (χ1) is 4.97. The first-order valence-electron chi connectivity index (χ1n) is 4.09. The highest BCUT2D eigenvalue weighted by Gasteiger charge is 2.25. The Kier molecular flexibility index (Phi) is 2.52. The van der Waals surface area contributed by atoms with Crippen molar-refractivity contribution in [2.24, 2.45) is 0 Å². The van der Waals surface area contributed by atoms with E-state index < -0.39 is 0 Å². The van der Waals surface area contributed by atoms with Gasteiger partial charge < -0.3 is 9.94 Å². The van der Waals surface area contributed by atoms with Gasteiger partial charge in [-0.3, -0.25) is 0 Å². The van der Waals surface area contributed by atoms with Crippen LogP contribution in [0.2, 0.25) is 0 Å². The van der Waals surface area contributed by atoms with Crippen molar-refractivity contribution in [1.29, 1.82) is 0 Å². The van der Waals surface area contributed by atoms with E-state index in [4.69, 9.17) is 9.94 Å². The normalized spacial score (nSPS) is 27.8. The summed E-state index contributed by atoms with van der Waals surface area (Å²) in [5.74, 6) is 0. The third-order valence-corrected chi connectivity index (χ3v) is 1.64. The van der Waals surface area contributed by atoms with Crippen LogP contribution in [0.3, 0.4) is 0 Å². The second-order valence-electron chi connectivity index (χ2n) is 4.05.